The molecule has 21 heavy (non-hydrogen) atoms. The molecule has 0 amide bonds. The molecule has 0 aliphatic carbocycles. The second-order valence-electron chi connectivity index (χ2n) is 6.41. The highest BCUT2D eigenvalue weighted by atomic mass is 35.5. The number of halogens is 1. The fourth-order valence-electron chi connectivity index (χ4n) is 3.83. The van der Waals surface area contributed by atoms with Crippen LogP contribution in [0.5, 0.6) is 0 Å². The van der Waals surface area contributed by atoms with Gasteiger partial charge in [-0.3, -0.25) is 0 Å². The van der Waals surface area contributed by atoms with Crippen molar-refractivity contribution < 1.29 is 0 Å². The van der Waals surface area contributed by atoms with Crippen LogP contribution in [0.25, 0.3) is 11.3 Å². The number of nitrogens with one attached hydrogen (secondary N) is 1. The molecule has 2 bridgehead atoms. The van der Waals surface area contributed by atoms with Gasteiger partial charge in [0, 0.05) is 28.7 Å². The fraction of sp³-hybridized carbons (Fsp3) is 0.471. The van der Waals surface area contributed by atoms with Crippen molar-refractivity contribution in [3.05, 3.63) is 41.3 Å². The van der Waals surface area contributed by atoms with Crippen molar-refractivity contribution >= 4 is 11.6 Å². The second kappa shape index (κ2) is 5.15. The molecule has 1 aromatic carbocycles. The van der Waals surface area contributed by atoms with Gasteiger partial charge in [0.25, 0.3) is 0 Å². The Labute approximate surface area is 130 Å². The van der Waals surface area contributed by atoms with Gasteiger partial charge in [-0.1, -0.05) is 23.7 Å². The minimum Gasteiger partial charge on any atom is -0.327 e. The van der Waals surface area contributed by atoms with Gasteiger partial charge in [-0.15, -0.1) is 0 Å². The van der Waals surface area contributed by atoms with Gasteiger partial charge < -0.3 is 9.88 Å². The average molecular weight is 302 g/mol. The van der Waals surface area contributed by atoms with Crippen LogP contribution in [0.15, 0.2) is 30.7 Å². The maximum Gasteiger partial charge on any atom is 0.0953 e. The van der Waals surface area contributed by atoms with Crippen LogP contribution in [-0.2, 0) is 0 Å². The summed E-state index contributed by atoms with van der Waals surface area (Å²) in [6, 6.07) is 8.21. The molecule has 2 unspecified atom stereocenters. The highest BCUT2D eigenvalue weighted by Gasteiger charge is 2.34. The Kier molecular flexibility index (Phi) is 3.27. The molecule has 1 aromatic heterocycles. The molecule has 2 aromatic rings. The van der Waals surface area contributed by atoms with Crippen LogP contribution < -0.4 is 5.32 Å². The van der Waals surface area contributed by atoms with Crippen molar-refractivity contribution in [2.24, 2.45) is 0 Å². The zero-order valence-corrected chi connectivity index (χ0v) is 13.0. The number of piperidine rings is 1. The first-order chi connectivity index (χ1) is 10.2. The highest BCUT2D eigenvalue weighted by molar-refractivity contribution is 6.31. The molecule has 2 aliphatic heterocycles. The van der Waals surface area contributed by atoms with Crippen molar-refractivity contribution in [3.63, 3.8) is 0 Å². The lowest BCUT2D eigenvalue weighted by Gasteiger charge is -2.31. The molecule has 1 N–H and O–H groups in total. The maximum absolute atomic E-state index is 6.29. The first-order valence-corrected chi connectivity index (χ1v) is 8.13. The van der Waals surface area contributed by atoms with Crippen LogP contribution in [-0.4, -0.2) is 21.6 Å². The number of rotatable bonds is 2. The summed E-state index contributed by atoms with van der Waals surface area (Å²) in [5, 5.41) is 4.53. The fourth-order valence-corrected chi connectivity index (χ4v) is 4.01. The summed E-state index contributed by atoms with van der Waals surface area (Å²) in [6.07, 6.45) is 9.01. The van der Waals surface area contributed by atoms with Gasteiger partial charge >= 0.3 is 0 Å². The van der Waals surface area contributed by atoms with Crippen molar-refractivity contribution in [1.82, 2.24) is 14.9 Å². The van der Waals surface area contributed by atoms with E-state index in [0.717, 1.165) is 16.1 Å². The van der Waals surface area contributed by atoms with E-state index in [1.807, 2.05) is 19.4 Å². The number of hydrogen-bond acceptors (Lipinski definition) is 2. The van der Waals surface area contributed by atoms with Gasteiger partial charge in [0.15, 0.2) is 0 Å². The molecule has 4 rings (SSSR count). The van der Waals surface area contributed by atoms with Crippen LogP contribution >= 0.6 is 11.6 Å². The summed E-state index contributed by atoms with van der Waals surface area (Å²) >= 11 is 6.29. The molecule has 110 valence electrons. The zero-order valence-electron chi connectivity index (χ0n) is 12.2. The van der Waals surface area contributed by atoms with Crippen molar-refractivity contribution in [2.45, 2.75) is 50.7 Å². The Morgan fingerprint density at radius 3 is 2.71 bits per heavy atom. The molecule has 0 spiro atoms. The van der Waals surface area contributed by atoms with Gasteiger partial charge in [0.1, 0.15) is 0 Å². The van der Waals surface area contributed by atoms with Gasteiger partial charge in [0.05, 0.1) is 18.2 Å². The summed E-state index contributed by atoms with van der Waals surface area (Å²) in [4.78, 5) is 4.40. The number of fused-ring (bicyclic) bond motifs is 2. The lowest BCUT2D eigenvalue weighted by Crippen LogP contribution is -2.38. The smallest absolute Gasteiger partial charge is 0.0953 e. The molecule has 3 nitrogen and oxygen atoms in total. The van der Waals surface area contributed by atoms with E-state index in [-0.39, 0.29) is 0 Å². The van der Waals surface area contributed by atoms with E-state index >= 15 is 0 Å². The van der Waals surface area contributed by atoms with Crippen LogP contribution in [0.4, 0.5) is 0 Å². The van der Waals surface area contributed by atoms with E-state index in [0.29, 0.717) is 18.1 Å². The third kappa shape index (κ3) is 2.39. The predicted octanol–water partition coefficient (Wildman–Crippen LogP) is 3.97. The molecule has 2 fully saturated rings. The third-order valence-electron chi connectivity index (χ3n) is 4.98. The van der Waals surface area contributed by atoms with Crippen molar-refractivity contribution in [2.75, 3.05) is 0 Å². The van der Waals surface area contributed by atoms with E-state index in [1.54, 1.807) is 0 Å². The lowest BCUT2D eigenvalue weighted by molar-refractivity contribution is 0.300. The Morgan fingerprint density at radius 2 is 2.00 bits per heavy atom. The molecule has 2 saturated heterocycles. The number of imidazole rings is 1. The third-order valence-corrected chi connectivity index (χ3v) is 5.38. The normalized spacial score (nSPS) is 28.0. The summed E-state index contributed by atoms with van der Waals surface area (Å²) in [5.74, 6) is 0. The number of nitrogens with zero attached hydrogens (tertiary/aromatic N) is 2. The van der Waals surface area contributed by atoms with Gasteiger partial charge in [0.2, 0.25) is 0 Å². The number of benzene rings is 1. The van der Waals surface area contributed by atoms with Crippen molar-refractivity contribution in [1.29, 1.82) is 0 Å². The largest absolute Gasteiger partial charge is 0.327 e. The maximum atomic E-state index is 6.29. The minimum absolute atomic E-state index is 0.557. The Morgan fingerprint density at radius 1 is 1.24 bits per heavy atom. The molecule has 2 atom stereocenters. The quantitative estimate of drug-likeness (QED) is 0.909. The average Bonchev–Trinajstić information content (AvgIpc) is 3.09. The summed E-state index contributed by atoms with van der Waals surface area (Å²) in [5.41, 5.74) is 3.46. The first kappa shape index (κ1) is 13.4. The Bertz CT molecular complexity index is 652. The SMILES string of the molecule is Cc1ccc(-c2cncn2C2CC3CCC(C2)N3)cc1Cl. The minimum atomic E-state index is 0.557. The first-order valence-electron chi connectivity index (χ1n) is 7.75. The molecular weight excluding hydrogens is 282 g/mol. The number of hydrogen-bond donors (Lipinski definition) is 1. The van der Waals surface area contributed by atoms with Crippen LogP contribution in [0.3, 0.4) is 0 Å². The number of aromatic nitrogens is 2. The topological polar surface area (TPSA) is 29.9 Å². The lowest BCUT2D eigenvalue weighted by atomic mass is 9.99. The van der Waals surface area contributed by atoms with E-state index in [2.05, 4.69) is 33.1 Å². The monoisotopic (exact) mass is 301 g/mol. The second-order valence-corrected chi connectivity index (χ2v) is 6.82. The van der Waals surface area contributed by atoms with E-state index in [4.69, 9.17) is 11.6 Å². The van der Waals surface area contributed by atoms with E-state index < -0.39 is 0 Å². The molecule has 4 heteroatoms. The molecule has 0 radical (unpaired) electrons. The summed E-state index contributed by atoms with van der Waals surface area (Å²) < 4.78 is 2.35. The Hall–Kier alpha value is -1.32. The van der Waals surface area contributed by atoms with Crippen LogP contribution in [0, 0.1) is 6.92 Å². The molecule has 3 heterocycles. The summed E-state index contributed by atoms with van der Waals surface area (Å²) in [6.45, 7) is 2.04. The van der Waals surface area contributed by atoms with Crippen molar-refractivity contribution in [3.8, 4) is 11.3 Å². The molecule has 2 aliphatic rings. The van der Waals surface area contributed by atoms with Gasteiger partial charge in [-0.2, -0.15) is 0 Å². The van der Waals surface area contributed by atoms with Gasteiger partial charge in [-0.05, 0) is 44.2 Å². The zero-order chi connectivity index (χ0) is 14.4. The predicted molar refractivity (Wildman–Crippen MR) is 85.6 cm³/mol. The molecular formula is C17H20ClN3. The summed E-state index contributed by atoms with van der Waals surface area (Å²) in [7, 11) is 0. The van der Waals surface area contributed by atoms with Crippen LogP contribution in [0.1, 0.15) is 37.3 Å². The van der Waals surface area contributed by atoms with Gasteiger partial charge in [-0.25, -0.2) is 4.98 Å². The van der Waals surface area contributed by atoms with E-state index in [1.165, 1.54) is 31.4 Å². The highest BCUT2D eigenvalue weighted by Crippen LogP contribution is 2.36. The Balaban J connectivity index is 1.68. The van der Waals surface area contributed by atoms with E-state index in [9.17, 15) is 0 Å². The molecule has 0 saturated carbocycles. The van der Waals surface area contributed by atoms with Crippen LogP contribution in [0.2, 0.25) is 5.02 Å². The standard InChI is InChI=1S/C17H20ClN3/c1-11-2-3-12(6-16(11)18)17-9-19-10-21(17)15-7-13-4-5-14(8-15)20-13/h2-3,6,9-10,13-15,20H,4-5,7-8H2,1H3. The number of aryl methyl sites for hydroxylation is 1.